The minimum Gasteiger partial charge on any atom is -0.0622 e. The Morgan fingerprint density at radius 2 is 0.591 bits per heavy atom. The molecule has 0 spiro atoms. The van der Waals surface area contributed by atoms with Crippen LogP contribution in [-0.2, 0) is 0 Å². The SMILES string of the molecule is c1cccc2cc3ccc4ccccc4ccc3cc2cc1. The molecule has 0 saturated carbocycles. The van der Waals surface area contributed by atoms with E-state index < -0.39 is 0 Å². The van der Waals surface area contributed by atoms with Gasteiger partial charge in [-0.05, 0) is 44.5 Å². The third-order valence-electron chi connectivity index (χ3n) is 4.05. The molecule has 0 aliphatic rings. The summed E-state index contributed by atoms with van der Waals surface area (Å²) in [6.45, 7) is 0. The molecule has 0 atom stereocenters. The van der Waals surface area contributed by atoms with Gasteiger partial charge in [0.05, 0.1) is 0 Å². The lowest BCUT2D eigenvalue weighted by molar-refractivity contribution is 1.76. The van der Waals surface area contributed by atoms with Crippen LogP contribution in [0.5, 0.6) is 0 Å². The molecule has 22 heavy (non-hydrogen) atoms. The van der Waals surface area contributed by atoms with Crippen molar-refractivity contribution in [1.82, 2.24) is 0 Å². The number of hydrogen-bond acceptors (Lipinski definition) is 0. The molecule has 0 aromatic heterocycles. The smallest absolute Gasteiger partial charge is 0.0177 e. The lowest BCUT2D eigenvalue weighted by atomic mass is 10.0. The number of rotatable bonds is 0. The molecule has 0 amide bonds. The van der Waals surface area contributed by atoms with Crippen LogP contribution in [0.15, 0.2) is 97.1 Å². The van der Waals surface area contributed by atoms with Gasteiger partial charge in [0.2, 0.25) is 0 Å². The summed E-state index contributed by atoms with van der Waals surface area (Å²) in [6.07, 6.45) is 0. The summed E-state index contributed by atoms with van der Waals surface area (Å²) in [7, 11) is 0. The zero-order valence-corrected chi connectivity index (χ0v) is 12.2. The van der Waals surface area contributed by atoms with E-state index in [2.05, 4.69) is 97.1 Å². The molecule has 0 radical (unpaired) electrons. The first-order chi connectivity index (χ1) is 10.9. The van der Waals surface area contributed by atoms with Gasteiger partial charge in [0.25, 0.3) is 0 Å². The molecule has 0 fully saturated rings. The molecule has 0 aliphatic heterocycles. The highest BCUT2D eigenvalue weighted by Crippen LogP contribution is 2.22. The Kier molecular flexibility index (Phi) is 3.21. The van der Waals surface area contributed by atoms with Crippen molar-refractivity contribution in [2.24, 2.45) is 0 Å². The summed E-state index contributed by atoms with van der Waals surface area (Å²) >= 11 is 0. The van der Waals surface area contributed by atoms with Crippen molar-refractivity contribution in [3.8, 4) is 0 Å². The van der Waals surface area contributed by atoms with Gasteiger partial charge in [0.1, 0.15) is 0 Å². The topological polar surface area (TPSA) is 0 Å². The van der Waals surface area contributed by atoms with Gasteiger partial charge in [0.15, 0.2) is 0 Å². The Morgan fingerprint density at radius 3 is 1.09 bits per heavy atom. The van der Waals surface area contributed by atoms with Gasteiger partial charge < -0.3 is 0 Å². The van der Waals surface area contributed by atoms with Crippen molar-refractivity contribution in [2.45, 2.75) is 0 Å². The van der Waals surface area contributed by atoms with Crippen LogP contribution in [0.4, 0.5) is 0 Å². The predicted octanol–water partition coefficient (Wildman–Crippen LogP) is 6.27. The largest absolute Gasteiger partial charge is 0.0622 e. The fourth-order valence-electron chi connectivity index (χ4n) is 2.87. The first-order valence-corrected chi connectivity index (χ1v) is 7.55. The standard InChI is InChI=1S/C22H16/c1-2-4-10-20-16-22-14-12-18-8-6-5-7-17(18)11-13-21(22)15-19(20)9-3-1/h1-16H. The van der Waals surface area contributed by atoms with Crippen molar-refractivity contribution in [3.05, 3.63) is 97.1 Å². The van der Waals surface area contributed by atoms with E-state index in [1.807, 2.05) is 0 Å². The molecule has 0 nitrogen and oxygen atoms in total. The van der Waals surface area contributed by atoms with E-state index >= 15 is 0 Å². The van der Waals surface area contributed by atoms with Crippen molar-refractivity contribution in [1.29, 1.82) is 0 Å². The molecule has 0 unspecified atom stereocenters. The summed E-state index contributed by atoms with van der Waals surface area (Å²) in [5.41, 5.74) is 0. The molecule has 0 bridgehead atoms. The summed E-state index contributed by atoms with van der Waals surface area (Å²) in [5, 5.41) is 7.54. The highest BCUT2D eigenvalue weighted by Gasteiger charge is 1.95. The lowest BCUT2D eigenvalue weighted by Crippen LogP contribution is -1.74. The first kappa shape index (κ1) is 12.8. The Labute approximate surface area is 130 Å². The average Bonchev–Trinajstić information content (AvgIpc) is 2.51. The van der Waals surface area contributed by atoms with Crippen molar-refractivity contribution in [3.63, 3.8) is 0 Å². The van der Waals surface area contributed by atoms with Gasteiger partial charge in [-0.25, -0.2) is 0 Å². The zero-order chi connectivity index (χ0) is 14.8. The second kappa shape index (κ2) is 5.50. The van der Waals surface area contributed by atoms with Gasteiger partial charge in [-0.15, -0.1) is 0 Å². The second-order valence-electron chi connectivity index (χ2n) is 5.51. The van der Waals surface area contributed by atoms with Gasteiger partial charge >= 0.3 is 0 Å². The number of fused-ring (bicyclic) bond motifs is 3. The van der Waals surface area contributed by atoms with E-state index in [1.165, 1.54) is 32.3 Å². The maximum Gasteiger partial charge on any atom is -0.0177 e. The Balaban J connectivity index is 2.12. The maximum atomic E-state index is 2.26. The van der Waals surface area contributed by atoms with E-state index in [1.54, 1.807) is 0 Å². The minimum atomic E-state index is 1.26. The van der Waals surface area contributed by atoms with Crippen LogP contribution in [0.1, 0.15) is 0 Å². The van der Waals surface area contributed by atoms with E-state index in [9.17, 15) is 0 Å². The van der Waals surface area contributed by atoms with Crippen molar-refractivity contribution >= 4 is 32.3 Å². The molecular formula is C22H16. The minimum absolute atomic E-state index is 1.26. The van der Waals surface area contributed by atoms with Crippen LogP contribution >= 0.6 is 0 Å². The quantitative estimate of drug-likeness (QED) is 0.356. The third kappa shape index (κ3) is 2.40. The second-order valence-corrected chi connectivity index (χ2v) is 5.51. The zero-order valence-electron chi connectivity index (χ0n) is 12.2. The molecule has 0 N–H and O–H groups in total. The molecule has 0 aliphatic carbocycles. The summed E-state index contributed by atoms with van der Waals surface area (Å²) in [6, 6.07) is 34.5. The van der Waals surface area contributed by atoms with Crippen LogP contribution in [-0.4, -0.2) is 0 Å². The molecule has 104 valence electrons. The first-order valence-electron chi connectivity index (χ1n) is 7.55. The van der Waals surface area contributed by atoms with Crippen molar-refractivity contribution in [2.75, 3.05) is 0 Å². The molecule has 4 aromatic rings. The van der Waals surface area contributed by atoms with Crippen LogP contribution < -0.4 is 0 Å². The van der Waals surface area contributed by atoms with E-state index in [0.29, 0.717) is 0 Å². The summed E-state index contributed by atoms with van der Waals surface area (Å²) in [4.78, 5) is 0. The third-order valence-corrected chi connectivity index (χ3v) is 4.05. The van der Waals surface area contributed by atoms with Crippen LogP contribution in [0, 0.1) is 0 Å². The van der Waals surface area contributed by atoms with Crippen LogP contribution in [0.3, 0.4) is 0 Å². The highest BCUT2D eigenvalue weighted by atomic mass is 14.0. The van der Waals surface area contributed by atoms with E-state index in [-0.39, 0.29) is 0 Å². The molecule has 0 saturated heterocycles. The van der Waals surface area contributed by atoms with Crippen LogP contribution in [0.25, 0.3) is 32.3 Å². The molecule has 4 rings (SSSR count). The van der Waals surface area contributed by atoms with Gasteiger partial charge in [-0.2, -0.15) is 0 Å². The summed E-state index contributed by atoms with van der Waals surface area (Å²) in [5.74, 6) is 0. The fourth-order valence-corrected chi connectivity index (χ4v) is 2.87. The molecular weight excluding hydrogens is 264 g/mol. The molecule has 0 heteroatoms. The van der Waals surface area contributed by atoms with Crippen molar-refractivity contribution < 1.29 is 0 Å². The monoisotopic (exact) mass is 280 g/mol. The average molecular weight is 280 g/mol. The Morgan fingerprint density at radius 1 is 0.273 bits per heavy atom. The molecule has 4 aromatic carbocycles. The Bertz CT molecular complexity index is 942. The predicted molar refractivity (Wildman–Crippen MR) is 96.6 cm³/mol. The van der Waals surface area contributed by atoms with Gasteiger partial charge in [-0.1, -0.05) is 84.9 Å². The van der Waals surface area contributed by atoms with E-state index in [4.69, 9.17) is 0 Å². The Hall–Kier alpha value is -2.86. The number of benzene rings is 2. The van der Waals surface area contributed by atoms with Gasteiger partial charge in [-0.3, -0.25) is 0 Å². The molecule has 0 heterocycles. The van der Waals surface area contributed by atoms with E-state index in [0.717, 1.165) is 0 Å². The maximum absolute atomic E-state index is 2.26. The highest BCUT2D eigenvalue weighted by molar-refractivity contribution is 5.98. The number of hydrogen-bond donors (Lipinski definition) is 0. The normalized spacial score (nSPS) is 10.7. The van der Waals surface area contributed by atoms with Gasteiger partial charge in [0, 0.05) is 0 Å². The fraction of sp³-hybridized carbons (Fsp3) is 0. The lowest BCUT2D eigenvalue weighted by Gasteiger charge is -2.01. The van der Waals surface area contributed by atoms with Crippen LogP contribution in [0.2, 0.25) is 0 Å². The summed E-state index contributed by atoms with van der Waals surface area (Å²) < 4.78 is 0.